The van der Waals surface area contributed by atoms with Crippen molar-refractivity contribution in [3.63, 3.8) is 0 Å². The van der Waals surface area contributed by atoms with Gasteiger partial charge in [-0.15, -0.1) is 12.4 Å². The number of aromatic nitrogens is 1. The number of hydrogen-bond acceptors (Lipinski definition) is 6. The molecule has 4 aromatic carbocycles. The largest absolute Gasteiger partial charge is 0.493 e. The van der Waals surface area contributed by atoms with Gasteiger partial charge in [0.2, 0.25) is 11.8 Å². The Balaban J connectivity index is 0.00000523. The lowest BCUT2D eigenvalue weighted by molar-refractivity contribution is -0.127. The average molecular weight is 743 g/mol. The predicted octanol–water partition coefficient (Wildman–Crippen LogP) is 9.26. The van der Waals surface area contributed by atoms with Gasteiger partial charge in [0.15, 0.2) is 5.75 Å². The summed E-state index contributed by atoms with van der Waals surface area (Å²) in [5.41, 5.74) is 6.20. The van der Waals surface area contributed by atoms with Gasteiger partial charge >= 0.3 is 0 Å². The van der Waals surface area contributed by atoms with Crippen molar-refractivity contribution in [2.75, 3.05) is 32.8 Å². The molecule has 1 aliphatic rings. The molecule has 0 N–H and O–H groups in total. The zero-order valence-electron chi connectivity index (χ0n) is 29.3. The Hall–Kier alpha value is -4.89. The van der Waals surface area contributed by atoms with Crippen LogP contribution in [0.5, 0.6) is 23.1 Å². The van der Waals surface area contributed by atoms with E-state index in [2.05, 4.69) is 53.2 Å². The lowest BCUT2D eigenvalue weighted by Crippen LogP contribution is -2.47. The number of pyridine rings is 1. The van der Waals surface area contributed by atoms with Crippen LogP contribution in [0.2, 0.25) is 5.02 Å². The third-order valence-electron chi connectivity index (χ3n) is 8.70. The zero-order chi connectivity index (χ0) is 35.6. The van der Waals surface area contributed by atoms with Crippen molar-refractivity contribution in [1.82, 2.24) is 14.8 Å². The molecule has 270 valence electrons. The van der Waals surface area contributed by atoms with Gasteiger partial charge in [-0.2, -0.15) is 0 Å². The van der Waals surface area contributed by atoms with Gasteiger partial charge in [0, 0.05) is 51.3 Å². The van der Waals surface area contributed by atoms with E-state index in [0.717, 1.165) is 48.5 Å². The Labute approximate surface area is 316 Å². The molecule has 7 nitrogen and oxygen atoms in total. The number of amides is 1. The minimum atomic E-state index is -0.288. The van der Waals surface area contributed by atoms with E-state index in [9.17, 15) is 9.18 Å². The summed E-state index contributed by atoms with van der Waals surface area (Å²) in [6.45, 7) is 8.74. The number of rotatable bonds is 13. The fourth-order valence-electron chi connectivity index (χ4n) is 5.74. The minimum absolute atomic E-state index is 0. The molecule has 1 aliphatic heterocycles. The summed E-state index contributed by atoms with van der Waals surface area (Å²) in [5, 5.41) is 0.415. The van der Waals surface area contributed by atoms with E-state index in [1.165, 1.54) is 28.8 Å². The van der Waals surface area contributed by atoms with Crippen LogP contribution in [0.4, 0.5) is 4.39 Å². The molecule has 0 saturated carbocycles. The number of benzene rings is 4. The Morgan fingerprint density at radius 1 is 0.827 bits per heavy atom. The molecule has 1 amide bonds. The van der Waals surface area contributed by atoms with Crippen LogP contribution in [0.3, 0.4) is 0 Å². The molecular weight excluding hydrogens is 700 g/mol. The van der Waals surface area contributed by atoms with Crippen molar-refractivity contribution in [2.45, 2.75) is 33.4 Å². The molecular formula is C42H42Cl2FN3O4. The van der Waals surface area contributed by atoms with Gasteiger partial charge in [0.1, 0.15) is 23.9 Å². The molecule has 0 spiro atoms. The second-order valence-corrected chi connectivity index (χ2v) is 13.1. The molecule has 5 aromatic rings. The highest BCUT2D eigenvalue weighted by atomic mass is 35.5. The number of carbonyl (C=O) groups is 1. The van der Waals surface area contributed by atoms with E-state index < -0.39 is 0 Å². The zero-order valence-corrected chi connectivity index (χ0v) is 30.8. The summed E-state index contributed by atoms with van der Waals surface area (Å²) < 4.78 is 30.7. The van der Waals surface area contributed by atoms with Crippen LogP contribution in [-0.4, -0.2) is 53.5 Å². The van der Waals surface area contributed by atoms with Gasteiger partial charge in [0.05, 0.1) is 17.8 Å². The number of nitrogens with zero attached hydrogens (tertiary/aromatic N) is 3. The molecule has 1 saturated heterocycles. The van der Waals surface area contributed by atoms with Crippen LogP contribution in [0.15, 0.2) is 109 Å². The fraction of sp³-hybridized carbons (Fsp3) is 0.238. The van der Waals surface area contributed by atoms with Crippen LogP contribution in [0.1, 0.15) is 33.4 Å². The molecule has 0 aliphatic carbocycles. The maximum absolute atomic E-state index is 13.1. The maximum atomic E-state index is 13.1. The topological polar surface area (TPSA) is 64.1 Å². The third-order valence-corrected chi connectivity index (χ3v) is 8.98. The van der Waals surface area contributed by atoms with E-state index in [4.69, 9.17) is 25.8 Å². The molecule has 0 atom stereocenters. The molecule has 52 heavy (non-hydrogen) atoms. The first kappa shape index (κ1) is 38.3. The normalized spacial score (nSPS) is 13.1. The number of aryl methyl sites for hydroxylation is 2. The van der Waals surface area contributed by atoms with Crippen LogP contribution < -0.4 is 14.2 Å². The highest BCUT2D eigenvalue weighted by Crippen LogP contribution is 2.34. The molecule has 0 bridgehead atoms. The lowest BCUT2D eigenvalue weighted by atomic mass is 10.1. The van der Waals surface area contributed by atoms with Crippen LogP contribution in [0, 0.1) is 19.7 Å². The minimum Gasteiger partial charge on any atom is -0.493 e. The lowest BCUT2D eigenvalue weighted by Gasteiger charge is -2.34. The smallest absolute Gasteiger partial charge is 0.246 e. The van der Waals surface area contributed by atoms with Crippen LogP contribution >= 0.6 is 24.0 Å². The quantitative estimate of drug-likeness (QED) is 0.112. The van der Waals surface area contributed by atoms with Crippen molar-refractivity contribution >= 4 is 36.0 Å². The van der Waals surface area contributed by atoms with Crippen LogP contribution in [-0.2, 0) is 24.4 Å². The molecule has 6 rings (SSSR count). The van der Waals surface area contributed by atoms with Gasteiger partial charge in [-0.25, -0.2) is 9.37 Å². The van der Waals surface area contributed by atoms with Crippen molar-refractivity contribution < 1.29 is 23.4 Å². The van der Waals surface area contributed by atoms with Crippen molar-refractivity contribution in [3.8, 4) is 23.1 Å². The number of ether oxygens (including phenoxy) is 3. The van der Waals surface area contributed by atoms with E-state index in [0.29, 0.717) is 48.7 Å². The molecule has 1 aromatic heterocycles. The van der Waals surface area contributed by atoms with Gasteiger partial charge in [-0.1, -0.05) is 65.7 Å². The first-order chi connectivity index (χ1) is 24.8. The molecule has 0 unspecified atom stereocenters. The van der Waals surface area contributed by atoms with E-state index in [1.807, 2.05) is 30.0 Å². The third kappa shape index (κ3) is 11.1. The summed E-state index contributed by atoms with van der Waals surface area (Å²) in [5.74, 6) is 2.00. The number of piperazine rings is 1. The average Bonchev–Trinajstić information content (AvgIpc) is 3.14. The van der Waals surface area contributed by atoms with E-state index >= 15 is 0 Å². The number of carbonyl (C=O) groups excluding carboxylic acids is 1. The van der Waals surface area contributed by atoms with Crippen molar-refractivity contribution in [1.29, 1.82) is 0 Å². The Morgan fingerprint density at radius 2 is 1.50 bits per heavy atom. The van der Waals surface area contributed by atoms with Crippen molar-refractivity contribution in [2.24, 2.45) is 0 Å². The Morgan fingerprint density at radius 3 is 2.17 bits per heavy atom. The van der Waals surface area contributed by atoms with Crippen LogP contribution in [0.25, 0.3) is 6.08 Å². The monoisotopic (exact) mass is 741 g/mol. The Bertz CT molecular complexity index is 1910. The summed E-state index contributed by atoms with van der Waals surface area (Å²) in [7, 11) is 0. The highest BCUT2D eigenvalue weighted by molar-refractivity contribution is 6.32. The molecule has 10 heteroatoms. The van der Waals surface area contributed by atoms with Crippen molar-refractivity contribution in [3.05, 3.63) is 154 Å². The van der Waals surface area contributed by atoms with Gasteiger partial charge in [-0.3, -0.25) is 9.69 Å². The summed E-state index contributed by atoms with van der Waals surface area (Å²) in [6, 6.07) is 30.1. The second-order valence-electron chi connectivity index (χ2n) is 12.7. The summed E-state index contributed by atoms with van der Waals surface area (Å²) >= 11 is 6.60. The second kappa shape index (κ2) is 18.6. The van der Waals surface area contributed by atoms with E-state index in [1.54, 1.807) is 48.7 Å². The van der Waals surface area contributed by atoms with Gasteiger partial charge < -0.3 is 19.1 Å². The predicted molar refractivity (Wildman–Crippen MR) is 206 cm³/mol. The molecule has 2 heterocycles. The fourth-order valence-corrected chi connectivity index (χ4v) is 6.05. The SMILES string of the molecule is Cc1ccc(OCCc2ccc(CN3CCN(C(=O)C=Cc4cc(C)c(Oc5ccc(OCc6ccc(F)cc6)cn5)c(Cl)c4)CC3)cc2)cc1.Cl. The molecule has 0 radical (unpaired) electrons. The van der Waals surface area contributed by atoms with Gasteiger partial charge in [0.25, 0.3) is 0 Å². The first-order valence-corrected chi connectivity index (χ1v) is 17.4. The molecule has 1 fully saturated rings. The number of hydrogen-bond donors (Lipinski definition) is 0. The first-order valence-electron chi connectivity index (χ1n) is 17.1. The van der Waals surface area contributed by atoms with E-state index in [-0.39, 0.29) is 24.1 Å². The number of halogens is 3. The maximum Gasteiger partial charge on any atom is 0.246 e. The summed E-state index contributed by atoms with van der Waals surface area (Å²) in [4.78, 5) is 21.6. The summed E-state index contributed by atoms with van der Waals surface area (Å²) in [6.07, 6.45) is 5.82. The van der Waals surface area contributed by atoms with Gasteiger partial charge in [-0.05, 0) is 90.2 Å². The standard InChI is InChI=1S/C42H41ClFN3O4.ClH/c1-30-3-14-37(15-4-30)49-24-19-32-5-7-33(8-6-32)28-46-20-22-47(23-21-46)41(48)18-11-35-25-31(2)42(39(43)26-35)51-40-17-16-38(27-45-40)50-29-34-9-12-36(44)13-10-34;/h3-18,25-27H,19-24,28-29H2,1-2H3;1H. The Kier molecular flexibility index (Phi) is 13.7. The highest BCUT2D eigenvalue weighted by Gasteiger charge is 2.20.